The van der Waals surface area contributed by atoms with E-state index in [0.29, 0.717) is 77.0 Å². The smallest absolute Gasteiger partial charge is 0.329 e. The maximum Gasteiger partial charge on any atom is 0.329 e. The lowest BCUT2D eigenvalue weighted by molar-refractivity contribution is -0.151. The molecule has 0 unspecified atom stereocenters. The molecule has 0 bridgehead atoms. The highest BCUT2D eigenvalue weighted by atomic mass is 19.1. The van der Waals surface area contributed by atoms with Crippen LogP contribution in [0.15, 0.2) is 42.6 Å². The maximum atomic E-state index is 17.2. The SMILES string of the molecule is CCc1c(F)ccc2cc(O)cc(-c3ncc4c(N5CCC[C@]6(CCO6)C5)nc(OCC5(CN6CC7(CC(c8cc9c(cc8F)c(N8CCC(=O)NC8=O)nn9C)C7)C6)CC5)nc4c3F)c12. The van der Waals surface area contributed by atoms with Gasteiger partial charge in [0.25, 0.3) is 0 Å². The normalized spacial score (nSPS) is 22.6. The number of aryl methyl sites for hydroxylation is 2. The Hall–Kier alpha value is -6.07. The molecule has 2 saturated carbocycles. The van der Waals surface area contributed by atoms with Crippen LogP contribution in [0.1, 0.15) is 75.3 Å². The Labute approximate surface area is 378 Å². The lowest BCUT2D eigenvalue weighted by Crippen LogP contribution is -2.62. The van der Waals surface area contributed by atoms with E-state index in [1.54, 1.807) is 30.1 Å². The zero-order chi connectivity index (χ0) is 45.3. The van der Waals surface area contributed by atoms with Gasteiger partial charge in [-0.15, -0.1) is 0 Å². The number of phenolic OH excluding ortho intramolecular Hbond substituents is 1. The van der Waals surface area contributed by atoms with Crippen molar-refractivity contribution in [1.29, 1.82) is 0 Å². The molecular weight excluding hydrogens is 852 g/mol. The number of nitrogens with zero attached hydrogens (tertiary/aromatic N) is 8. The van der Waals surface area contributed by atoms with Gasteiger partial charge in [0, 0.05) is 81.7 Å². The molecule has 3 aromatic carbocycles. The Bertz CT molecular complexity index is 3030. The van der Waals surface area contributed by atoms with Gasteiger partial charge < -0.3 is 24.4 Å². The van der Waals surface area contributed by atoms with Crippen LogP contribution in [0.3, 0.4) is 0 Å². The van der Waals surface area contributed by atoms with E-state index < -0.39 is 17.7 Å². The van der Waals surface area contributed by atoms with Gasteiger partial charge >= 0.3 is 12.0 Å². The van der Waals surface area contributed by atoms with Gasteiger partial charge in [-0.1, -0.05) is 13.0 Å². The molecule has 14 nitrogen and oxygen atoms in total. The number of hydrogen-bond donors (Lipinski definition) is 2. The molecule has 3 aromatic heterocycles. The van der Waals surface area contributed by atoms with Crippen molar-refractivity contribution in [1.82, 2.24) is 34.9 Å². The van der Waals surface area contributed by atoms with E-state index in [0.717, 1.165) is 70.1 Å². The molecule has 3 amide bonds. The van der Waals surface area contributed by atoms with Crippen molar-refractivity contribution in [3.05, 3.63) is 71.2 Å². The molecule has 17 heteroatoms. The minimum absolute atomic E-state index is 0.0423. The third kappa shape index (κ3) is 6.74. The molecule has 2 N–H and O–H groups in total. The number of amides is 3. The zero-order valence-electron chi connectivity index (χ0n) is 36.9. The van der Waals surface area contributed by atoms with E-state index in [4.69, 9.17) is 19.4 Å². The molecular formula is C49H50F3N9O5. The average Bonchev–Trinajstić information content (AvgIpc) is 3.97. The van der Waals surface area contributed by atoms with Gasteiger partial charge in [0.15, 0.2) is 11.6 Å². The minimum atomic E-state index is -0.702. The number of halogens is 3. The van der Waals surface area contributed by atoms with Crippen molar-refractivity contribution in [2.75, 3.05) is 62.3 Å². The summed E-state index contributed by atoms with van der Waals surface area (Å²) in [6, 6.07) is 8.78. The average molecular weight is 902 g/mol. The fourth-order valence-electron chi connectivity index (χ4n) is 11.8. The summed E-state index contributed by atoms with van der Waals surface area (Å²) in [5.41, 5.74) is 1.85. The fraction of sp³-hybridized carbons (Fsp3) is 0.469. The summed E-state index contributed by atoms with van der Waals surface area (Å²) in [5.74, 6) is -0.901. The number of fused-ring (bicyclic) bond motifs is 3. The molecule has 6 fully saturated rings. The second-order valence-electron chi connectivity index (χ2n) is 19.9. The van der Waals surface area contributed by atoms with Crippen LogP contribution in [-0.4, -0.2) is 105 Å². The van der Waals surface area contributed by atoms with E-state index in [1.165, 1.54) is 23.1 Å². The van der Waals surface area contributed by atoms with Crippen molar-refractivity contribution in [3.63, 3.8) is 0 Å². The van der Waals surface area contributed by atoms with Crippen LogP contribution >= 0.6 is 0 Å². The van der Waals surface area contributed by atoms with E-state index in [9.17, 15) is 14.7 Å². The molecule has 4 aliphatic heterocycles. The number of aromatic nitrogens is 5. The quantitative estimate of drug-likeness (QED) is 0.140. The number of nitrogens with one attached hydrogen (secondary N) is 1. The number of benzene rings is 3. The first-order chi connectivity index (χ1) is 31.8. The third-order valence-corrected chi connectivity index (χ3v) is 15.4. The summed E-state index contributed by atoms with van der Waals surface area (Å²) in [4.78, 5) is 44.5. The van der Waals surface area contributed by atoms with Crippen molar-refractivity contribution in [2.45, 2.75) is 76.2 Å². The number of piperidine rings is 1. The standard InChI is InChI=1S/C49H50F3N9O5/c1-3-30-35(50)6-5-27-15-29(62)16-33(39(27)30)41-40(52)42-34(21-53-41)43(60-12-4-8-49(25-60)11-14-66-49)56-45(55-42)65-26-47(9-10-47)22-59-23-48(24-59)19-28(20-48)31-18-37-32(17-36(31)51)44(57-58(37)2)61-13-7-38(63)54-46(61)64/h5-6,15-18,21,28,62H,3-4,7-14,19-20,22-26H2,1-2H3,(H,54,63,64)/t49-/m0/s1. The van der Waals surface area contributed by atoms with Gasteiger partial charge in [-0.25, -0.2) is 18.0 Å². The Morgan fingerprint density at radius 3 is 2.52 bits per heavy atom. The number of imide groups is 1. The Morgan fingerprint density at radius 2 is 1.77 bits per heavy atom. The van der Waals surface area contributed by atoms with Crippen LogP contribution in [-0.2, 0) is 23.0 Å². The van der Waals surface area contributed by atoms with E-state index in [-0.39, 0.29) is 75.6 Å². The zero-order valence-corrected chi connectivity index (χ0v) is 36.9. The molecule has 6 aliphatic rings. The lowest BCUT2D eigenvalue weighted by Gasteiger charge is -2.60. The molecule has 0 radical (unpaired) electrons. The first kappa shape index (κ1) is 41.4. The first-order valence-electron chi connectivity index (χ1n) is 23.1. The van der Waals surface area contributed by atoms with Gasteiger partial charge in [-0.2, -0.15) is 15.1 Å². The topological polar surface area (TPSA) is 151 Å². The van der Waals surface area contributed by atoms with Crippen LogP contribution in [0.4, 0.5) is 29.6 Å². The number of anilines is 2. The highest BCUT2D eigenvalue weighted by molar-refractivity contribution is 6.09. The van der Waals surface area contributed by atoms with E-state index >= 15 is 13.2 Å². The Kier molecular flexibility index (Phi) is 9.38. The Balaban J connectivity index is 0.768. The highest BCUT2D eigenvalue weighted by Crippen LogP contribution is 2.58. The predicted octanol–water partition coefficient (Wildman–Crippen LogP) is 7.66. The van der Waals surface area contributed by atoms with Gasteiger partial charge in [-0.3, -0.25) is 24.7 Å². The van der Waals surface area contributed by atoms with Gasteiger partial charge in [0.05, 0.1) is 29.7 Å². The lowest BCUT2D eigenvalue weighted by atomic mass is 9.56. The van der Waals surface area contributed by atoms with E-state index in [2.05, 4.69) is 25.2 Å². The summed E-state index contributed by atoms with van der Waals surface area (Å²) in [6.45, 7) is 7.07. The number of carbonyl (C=O) groups is 2. The van der Waals surface area contributed by atoms with Gasteiger partial charge in [-0.05, 0) is 109 Å². The largest absolute Gasteiger partial charge is 0.508 e. The third-order valence-electron chi connectivity index (χ3n) is 15.4. The molecule has 6 aromatic rings. The fourth-order valence-corrected chi connectivity index (χ4v) is 11.8. The van der Waals surface area contributed by atoms with Crippen molar-refractivity contribution >= 4 is 56.2 Å². The second-order valence-corrected chi connectivity index (χ2v) is 19.9. The second kappa shape index (κ2) is 15.0. The number of aromatic hydroxyl groups is 1. The molecule has 2 spiro atoms. The van der Waals surface area contributed by atoms with Crippen LogP contribution in [0.5, 0.6) is 11.8 Å². The predicted molar refractivity (Wildman–Crippen MR) is 240 cm³/mol. The molecule has 4 saturated heterocycles. The summed E-state index contributed by atoms with van der Waals surface area (Å²) < 4.78 is 62.4. The molecule has 342 valence electrons. The van der Waals surface area contributed by atoms with Gasteiger partial charge in [0.1, 0.15) is 34.4 Å². The van der Waals surface area contributed by atoms with Crippen molar-refractivity contribution in [3.8, 4) is 23.0 Å². The van der Waals surface area contributed by atoms with Crippen LogP contribution in [0, 0.1) is 28.3 Å². The highest BCUT2D eigenvalue weighted by Gasteiger charge is 2.56. The number of phenols is 1. The molecule has 66 heavy (non-hydrogen) atoms. The first-order valence-corrected chi connectivity index (χ1v) is 23.1. The minimum Gasteiger partial charge on any atom is -0.508 e. The van der Waals surface area contributed by atoms with Crippen molar-refractivity contribution < 1.29 is 37.3 Å². The summed E-state index contributed by atoms with van der Waals surface area (Å²) in [7, 11) is 1.78. The van der Waals surface area contributed by atoms with Crippen LogP contribution < -0.4 is 19.9 Å². The number of pyridine rings is 1. The van der Waals surface area contributed by atoms with Crippen LogP contribution in [0.25, 0.3) is 43.8 Å². The van der Waals surface area contributed by atoms with Crippen LogP contribution in [0.2, 0.25) is 0 Å². The number of urea groups is 1. The molecule has 12 rings (SSSR count). The molecule has 2 aliphatic carbocycles. The number of rotatable bonds is 10. The van der Waals surface area contributed by atoms with E-state index in [1.807, 2.05) is 13.0 Å². The van der Waals surface area contributed by atoms with Crippen molar-refractivity contribution in [2.24, 2.45) is 17.9 Å². The Morgan fingerprint density at radius 1 is 0.955 bits per heavy atom. The number of carbonyl (C=O) groups excluding carboxylic acids is 2. The molecule has 1 atom stereocenters. The number of hydrogen-bond acceptors (Lipinski definition) is 11. The number of likely N-dealkylation sites (tertiary alicyclic amines) is 1. The maximum absolute atomic E-state index is 17.2. The summed E-state index contributed by atoms with van der Waals surface area (Å²) >= 11 is 0. The molecule has 7 heterocycles. The monoisotopic (exact) mass is 901 g/mol. The van der Waals surface area contributed by atoms with Gasteiger partial charge in [0.2, 0.25) is 5.91 Å². The summed E-state index contributed by atoms with van der Waals surface area (Å²) in [6.07, 6.45) is 8.57. The summed E-state index contributed by atoms with van der Waals surface area (Å²) in [5, 5.41) is 19.6. The number of ether oxygens (including phenoxy) is 2.